The van der Waals surface area contributed by atoms with Crippen LogP contribution in [0.2, 0.25) is 0 Å². The summed E-state index contributed by atoms with van der Waals surface area (Å²) in [7, 11) is -2.95. The van der Waals surface area contributed by atoms with Gasteiger partial charge >= 0.3 is 0 Å². The van der Waals surface area contributed by atoms with Crippen molar-refractivity contribution in [2.75, 3.05) is 37.8 Å². The molecule has 2 aromatic carbocycles. The fraction of sp³-hybridized carbons (Fsp3) is 0.435. The number of hydrogen-bond donors (Lipinski definition) is 1. The SMILES string of the molecule is O=C(NCc1ccccc1CN1CCOCC1)c1ccccc1S[C@@H]1CCS(=O)(=O)C1. The van der Waals surface area contributed by atoms with Crippen LogP contribution in [0.15, 0.2) is 53.4 Å². The van der Waals surface area contributed by atoms with E-state index in [-0.39, 0.29) is 22.7 Å². The van der Waals surface area contributed by atoms with Gasteiger partial charge in [-0.2, -0.15) is 0 Å². The molecular formula is C23H28N2O4S2. The number of thioether (sulfide) groups is 1. The van der Waals surface area contributed by atoms with Crippen molar-refractivity contribution in [2.45, 2.75) is 29.7 Å². The molecule has 2 aliphatic heterocycles. The molecule has 0 unspecified atom stereocenters. The first-order valence-electron chi connectivity index (χ1n) is 10.6. The third kappa shape index (κ3) is 6.10. The van der Waals surface area contributed by atoms with Crippen LogP contribution in [0.25, 0.3) is 0 Å². The van der Waals surface area contributed by atoms with Gasteiger partial charge in [-0.25, -0.2) is 8.42 Å². The quantitative estimate of drug-likeness (QED) is 0.685. The zero-order chi connectivity index (χ0) is 21.7. The fourth-order valence-electron chi connectivity index (χ4n) is 3.95. The Morgan fingerprint density at radius 1 is 1.06 bits per heavy atom. The highest BCUT2D eigenvalue weighted by atomic mass is 32.2. The molecule has 1 N–H and O–H groups in total. The molecule has 166 valence electrons. The Morgan fingerprint density at radius 3 is 2.52 bits per heavy atom. The number of ether oxygens (including phenoxy) is 1. The lowest BCUT2D eigenvalue weighted by Gasteiger charge is -2.27. The van der Waals surface area contributed by atoms with E-state index < -0.39 is 9.84 Å². The Morgan fingerprint density at radius 2 is 1.77 bits per heavy atom. The average Bonchev–Trinajstić information content (AvgIpc) is 3.12. The molecule has 2 aromatic rings. The highest BCUT2D eigenvalue weighted by molar-refractivity contribution is 8.02. The van der Waals surface area contributed by atoms with Crippen molar-refractivity contribution in [3.05, 3.63) is 65.2 Å². The van der Waals surface area contributed by atoms with Crippen LogP contribution in [-0.4, -0.2) is 62.3 Å². The number of morpholine rings is 1. The van der Waals surface area contributed by atoms with Crippen molar-refractivity contribution < 1.29 is 17.9 Å². The molecule has 0 radical (unpaired) electrons. The summed E-state index contributed by atoms with van der Waals surface area (Å²) < 4.78 is 29.0. The topological polar surface area (TPSA) is 75.7 Å². The van der Waals surface area contributed by atoms with Gasteiger partial charge in [-0.3, -0.25) is 9.69 Å². The smallest absolute Gasteiger partial charge is 0.252 e. The monoisotopic (exact) mass is 460 g/mol. The Hall–Kier alpha value is -1.87. The predicted octanol–water partition coefficient (Wildman–Crippen LogP) is 2.73. The molecule has 1 amide bonds. The summed E-state index contributed by atoms with van der Waals surface area (Å²) in [6, 6.07) is 15.6. The van der Waals surface area contributed by atoms with Crippen LogP contribution >= 0.6 is 11.8 Å². The molecule has 2 fully saturated rings. The number of nitrogens with one attached hydrogen (secondary N) is 1. The Kier molecular flexibility index (Phi) is 7.32. The minimum Gasteiger partial charge on any atom is -0.379 e. The maximum Gasteiger partial charge on any atom is 0.252 e. The molecule has 0 saturated carbocycles. The summed E-state index contributed by atoms with van der Waals surface area (Å²) >= 11 is 1.50. The highest BCUT2D eigenvalue weighted by Gasteiger charge is 2.29. The summed E-state index contributed by atoms with van der Waals surface area (Å²) in [6.07, 6.45) is 0.637. The maximum atomic E-state index is 13.0. The largest absolute Gasteiger partial charge is 0.379 e. The van der Waals surface area contributed by atoms with Crippen molar-refractivity contribution in [1.29, 1.82) is 0 Å². The molecule has 31 heavy (non-hydrogen) atoms. The molecule has 2 saturated heterocycles. The predicted molar refractivity (Wildman–Crippen MR) is 123 cm³/mol. The second-order valence-electron chi connectivity index (χ2n) is 7.98. The summed E-state index contributed by atoms with van der Waals surface area (Å²) in [5, 5.41) is 3.07. The number of carbonyl (C=O) groups is 1. The number of carbonyl (C=O) groups excluding carboxylic acids is 1. The third-order valence-electron chi connectivity index (χ3n) is 5.67. The van der Waals surface area contributed by atoms with E-state index in [9.17, 15) is 13.2 Å². The van der Waals surface area contributed by atoms with Gasteiger partial charge in [-0.1, -0.05) is 36.4 Å². The van der Waals surface area contributed by atoms with E-state index in [1.54, 1.807) is 6.07 Å². The minimum absolute atomic E-state index is 0.00759. The number of amides is 1. The van der Waals surface area contributed by atoms with Crippen molar-refractivity contribution in [3.63, 3.8) is 0 Å². The Labute approximate surface area is 188 Å². The molecule has 2 heterocycles. The van der Waals surface area contributed by atoms with Gasteiger partial charge in [0.05, 0.1) is 30.3 Å². The average molecular weight is 461 g/mol. The number of nitrogens with zero attached hydrogens (tertiary/aromatic N) is 1. The molecular weight excluding hydrogens is 432 g/mol. The molecule has 2 aliphatic rings. The molecule has 4 rings (SSSR count). The van der Waals surface area contributed by atoms with Crippen molar-refractivity contribution in [1.82, 2.24) is 10.2 Å². The van der Waals surface area contributed by atoms with Gasteiger partial charge < -0.3 is 10.1 Å². The summed E-state index contributed by atoms with van der Waals surface area (Å²) in [5.41, 5.74) is 2.92. The van der Waals surface area contributed by atoms with Crippen LogP contribution in [0.3, 0.4) is 0 Å². The van der Waals surface area contributed by atoms with E-state index in [2.05, 4.69) is 22.3 Å². The summed E-state index contributed by atoms with van der Waals surface area (Å²) in [4.78, 5) is 16.2. The lowest BCUT2D eigenvalue weighted by Crippen LogP contribution is -2.36. The van der Waals surface area contributed by atoms with Crippen molar-refractivity contribution in [3.8, 4) is 0 Å². The van der Waals surface area contributed by atoms with E-state index in [0.29, 0.717) is 18.5 Å². The van der Waals surface area contributed by atoms with Crippen LogP contribution in [0.4, 0.5) is 0 Å². The van der Waals surface area contributed by atoms with Gasteiger partial charge in [0, 0.05) is 36.3 Å². The standard InChI is InChI=1S/C23H28N2O4S2/c26-23(21-7-3-4-8-22(21)30-20-9-14-31(27,28)17-20)24-15-18-5-1-2-6-19(18)16-25-10-12-29-13-11-25/h1-8,20H,9-17H2,(H,24,26)/t20-/m1/s1. The fourth-order valence-corrected chi connectivity index (χ4v) is 7.57. The summed E-state index contributed by atoms with van der Waals surface area (Å²) in [6.45, 7) is 4.66. The number of rotatable bonds is 7. The lowest BCUT2D eigenvalue weighted by atomic mass is 10.1. The zero-order valence-electron chi connectivity index (χ0n) is 17.5. The maximum absolute atomic E-state index is 13.0. The van der Waals surface area contributed by atoms with Crippen LogP contribution in [0.5, 0.6) is 0 Å². The Balaban J connectivity index is 1.41. The lowest BCUT2D eigenvalue weighted by molar-refractivity contribution is 0.0340. The van der Waals surface area contributed by atoms with Crippen LogP contribution in [0, 0.1) is 0 Å². The van der Waals surface area contributed by atoms with E-state index in [0.717, 1.165) is 43.3 Å². The van der Waals surface area contributed by atoms with Gasteiger partial charge in [0.15, 0.2) is 9.84 Å². The second-order valence-corrected chi connectivity index (χ2v) is 11.5. The normalized spacial score (nSPS) is 21.1. The van der Waals surface area contributed by atoms with E-state index in [1.165, 1.54) is 17.3 Å². The number of sulfone groups is 1. The first-order valence-corrected chi connectivity index (χ1v) is 13.3. The van der Waals surface area contributed by atoms with Gasteiger partial charge in [0.1, 0.15) is 0 Å². The minimum atomic E-state index is -2.95. The third-order valence-corrected chi connectivity index (χ3v) is 9.00. The first kappa shape index (κ1) is 22.3. The molecule has 0 spiro atoms. The van der Waals surface area contributed by atoms with Crippen molar-refractivity contribution >= 4 is 27.5 Å². The molecule has 6 nitrogen and oxygen atoms in total. The van der Waals surface area contributed by atoms with Crippen LogP contribution in [0.1, 0.15) is 27.9 Å². The number of benzene rings is 2. The summed E-state index contributed by atoms with van der Waals surface area (Å²) in [5.74, 6) is 0.284. The van der Waals surface area contributed by atoms with Crippen LogP contribution in [-0.2, 0) is 27.7 Å². The van der Waals surface area contributed by atoms with Gasteiger partial charge in [-0.05, 0) is 29.7 Å². The van der Waals surface area contributed by atoms with Crippen LogP contribution < -0.4 is 5.32 Å². The Bertz CT molecular complexity index is 1020. The van der Waals surface area contributed by atoms with E-state index >= 15 is 0 Å². The molecule has 0 aliphatic carbocycles. The molecule has 8 heteroatoms. The zero-order valence-corrected chi connectivity index (χ0v) is 19.1. The number of hydrogen-bond acceptors (Lipinski definition) is 6. The second kappa shape index (κ2) is 10.2. The van der Waals surface area contributed by atoms with Crippen molar-refractivity contribution in [2.24, 2.45) is 0 Å². The molecule has 1 atom stereocenters. The van der Waals surface area contributed by atoms with E-state index in [1.807, 2.05) is 30.3 Å². The highest BCUT2D eigenvalue weighted by Crippen LogP contribution is 2.33. The van der Waals surface area contributed by atoms with Gasteiger partial charge in [0.25, 0.3) is 5.91 Å². The van der Waals surface area contributed by atoms with Gasteiger partial charge in [-0.15, -0.1) is 11.8 Å². The van der Waals surface area contributed by atoms with E-state index in [4.69, 9.17) is 4.74 Å². The molecule has 0 bridgehead atoms. The molecule has 0 aromatic heterocycles. The first-order chi connectivity index (χ1) is 15.0. The van der Waals surface area contributed by atoms with Gasteiger partial charge in [0.2, 0.25) is 0 Å².